The second-order valence-electron chi connectivity index (χ2n) is 4.43. The molecule has 3 N–H and O–H groups in total. The average Bonchev–Trinajstić information content (AvgIpc) is 2.44. The molecule has 2 rings (SSSR count). The van der Waals surface area contributed by atoms with E-state index in [2.05, 4.69) is 10.5 Å². The first-order valence-corrected chi connectivity index (χ1v) is 6.81. The van der Waals surface area contributed by atoms with Crippen molar-refractivity contribution in [3.63, 3.8) is 0 Å². The molecule has 0 aromatic heterocycles. The molecule has 0 aliphatic rings. The lowest BCUT2D eigenvalue weighted by molar-refractivity contribution is -0.137. The van der Waals surface area contributed by atoms with Crippen LogP contribution in [0.1, 0.15) is 11.1 Å². The molecular weight excluding hydrogens is 356 g/mol. The van der Waals surface area contributed by atoms with Gasteiger partial charge >= 0.3 is 6.18 Å². The number of benzene rings is 2. The number of phenolic OH excluding ortho intramolecular Hbond substituents is 2. The van der Waals surface area contributed by atoms with Crippen LogP contribution in [0.3, 0.4) is 0 Å². The molecule has 0 saturated heterocycles. The molecule has 0 heterocycles. The molecule has 0 bridgehead atoms. The van der Waals surface area contributed by atoms with E-state index >= 15 is 0 Å². The fourth-order valence-corrected chi connectivity index (χ4v) is 2.21. The van der Waals surface area contributed by atoms with Crippen molar-refractivity contribution in [1.29, 1.82) is 0 Å². The van der Waals surface area contributed by atoms with Crippen LogP contribution in [0.2, 0.25) is 10.0 Å². The van der Waals surface area contributed by atoms with E-state index in [0.717, 1.165) is 12.1 Å². The van der Waals surface area contributed by atoms with Gasteiger partial charge in [0.15, 0.2) is 11.5 Å². The summed E-state index contributed by atoms with van der Waals surface area (Å²) in [6.07, 6.45) is -3.29. The average molecular weight is 365 g/mol. The van der Waals surface area contributed by atoms with Gasteiger partial charge in [0.1, 0.15) is 0 Å². The number of aromatic hydroxyl groups is 2. The summed E-state index contributed by atoms with van der Waals surface area (Å²) in [5.41, 5.74) is 1.92. The van der Waals surface area contributed by atoms with Crippen LogP contribution >= 0.6 is 23.2 Å². The molecule has 2 aromatic carbocycles. The third kappa shape index (κ3) is 4.20. The minimum atomic E-state index is -4.56. The van der Waals surface area contributed by atoms with Crippen molar-refractivity contribution in [2.45, 2.75) is 6.18 Å². The van der Waals surface area contributed by atoms with Crippen LogP contribution in [0.25, 0.3) is 0 Å². The van der Waals surface area contributed by atoms with Crippen LogP contribution in [0, 0.1) is 0 Å². The Morgan fingerprint density at radius 3 is 2.13 bits per heavy atom. The van der Waals surface area contributed by atoms with E-state index < -0.39 is 11.7 Å². The van der Waals surface area contributed by atoms with Gasteiger partial charge in [-0.05, 0) is 35.9 Å². The van der Waals surface area contributed by atoms with Crippen molar-refractivity contribution < 1.29 is 23.4 Å². The number of anilines is 1. The lowest BCUT2D eigenvalue weighted by atomic mass is 10.2. The summed E-state index contributed by atoms with van der Waals surface area (Å²) in [6.45, 7) is 0. The topological polar surface area (TPSA) is 64.9 Å². The number of hydrogen-bond donors (Lipinski definition) is 3. The van der Waals surface area contributed by atoms with Gasteiger partial charge in [0.05, 0.1) is 27.5 Å². The monoisotopic (exact) mass is 364 g/mol. The number of hydrogen-bond acceptors (Lipinski definition) is 4. The molecule has 0 atom stereocenters. The third-order valence-electron chi connectivity index (χ3n) is 2.76. The Morgan fingerprint density at radius 2 is 1.61 bits per heavy atom. The standard InChI is InChI=1S/C14H9Cl2F3N2O2/c15-9-4-8(14(17,18)19)5-10(16)13(9)21-20-6-7-1-2-11(22)12(23)3-7/h1-6,21-23H. The maximum atomic E-state index is 12.6. The van der Waals surface area contributed by atoms with E-state index in [-0.39, 0.29) is 27.2 Å². The molecule has 9 heteroatoms. The molecule has 0 amide bonds. The number of alkyl halides is 3. The molecule has 0 saturated carbocycles. The maximum Gasteiger partial charge on any atom is 0.416 e. The number of hydrazone groups is 1. The van der Waals surface area contributed by atoms with Crippen molar-refractivity contribution in [2.75, 3.05) is 5.43 Å². The summed E-state index contributed by atoms with van der Waals surface area (Å²) in [7, 11) is 0. The third-order valence-corrected chi connectivity index (χ3v) is 3.36. The highest BCUT2D eigenvalue weighted by Gasteiger charge is 2.32. The number of phenols is 2. The van der Waals surface area contributed by atoms with Crippen LogP contribution in [-0.2, 0) is 6.18 Å². The Kier molecular flexibility index (Phi) is 4.91. The van der Waals surface area contributed by atoms with Crippen LogP contribution in [0.4, 0.5) is 18.9 Å². The Balaban J connectivity index is 2.20. The Bertz CT molecular complexity index is 741. The highest BCUT2D eigenvalue weighted by atomic mass is 35.5. The first kappa shape index (κ1) is 17.2. The number of nitrogens with zero attached hydrogens (tertiary/aromatic N) is 1. The molecule has 0 aliphatic heterocycles. The molecule has 0 aliphatic carbocycles. The molecule has 0 unspecified atom stereocenters. The quantitative estimate of drug-likeness (QED) is 0.413. The maximum absolute atomic E-state index is 12.6. The summed E-state index contributed by atoms with van der Waals surface area (Å²) < 4.78 is 37.8. The molecule has 122 valence electrons. The van der Waals surface area contributed by atoms with Gasteiger partial charge in [0.2, 0.25) is 0 Å². The number of halogens is 5. The minimum absolute atomic E-state index is 0.0144. The molecule has 4 nitrogen and oxygen atoms in total. The van der Waals surface area contributed by atoms with E-state index in [9.17, 15) is 23.4 Å². The smallest absolute Gasteiger partial charge is 0.416 e. The van der Waals surface area contributed by atoms with Crippen LogP contribution in [-0.4, -0.2) is 16.4 Å². The highest BCUT2D eigenvalue weighted by Crippen LogP contribution is 2.38. The summed E-state index contributed by atoms with van der Waals surface area (Å²) in [4.78, 5) is 0. The number of rotatable bonds is 3. The first-order valence-electron chi connectivity index (χ1n) is 6.06. The van der Waals surface area contributed by atoms with Gasteiger partial charge in [0, 0.05) is 0 Å². The fraction of sp³-hybridized carbons (Fsp3) is 0.0714. The minimum Gasteiger partial charge on any atom is -0.504 e. The van der Waals surface area contributed by atoms with E-state index in [0.29, 0.717) is 5.56 Å². The second kappa shape index (κ2) is 6.55. The zero-order chi connectivity index (χ0) is 17.2. The zero-order valence-electron chi connectivity index (χ0n) is 11.2. The summed E-state index contributed by atoms with van der Waals surface area (Å²) in [5.74, 6) is -0.622. The lowest BCUT2D eigenvalue weighted by Gasteiger charge is -2.11. The zero-order valence-corrected chi connectivity index (χ0v) is 12.7. The van der Waals surface area contributed by atoms with Crippen LogP contribution in [0.5, 0.6) is 11.5 Å². The summed E-state index contributed by atoms with van der Waals surface area (Å²) in [5, 5.41) is 21.8. The van der Waals surface area contributed by atoms with Gasteiger partial charge in [-0.15, -0.1) is 0 Å². The first-order chi connectivity index (χ1) is 10.7. The lowest BCUT2D eigenvalue weighted by Crippen LogP contribution is -2.05. The largest absolute Gasteiger partial charge is 0.504 e. The Morgan fingerprint density at radius 1 is 1.00 bits per heavy atom. The van der Waals surface area contributed by atoms with Gasteiger partial charge in [0.25, 0.3) is 0 Å². The van der Waals surface area contributed by atoms with Crippen molar-refractivity contribution in [3.8, 4) is 11.5 Å². The van der Waals surface area contributed by atoms with E-state index in [4.69, 9.17) is 23.2 Å². The number of nitrogens with one attached hydrogen (secondary N) is 1. The van der Waals surface area contributed by atoms with E-state index in [1.807, 2.05) is 0 Å². The Hall–Kier alpha value is -2.12. The van der Waals surface area contributed by atoms with Crippen molar-refractivity contribution in [1.82, 2.24) is 0 Å². The highest BCUT2D eigenvalue weighted by molar-refractivity contribution is 6.39. The van der Waals surface area contributed by atoms with Gasteiger partial charge in [-0.25, -0.2) is 0 Å². The molecule has 2 aromatic rings. The van der Waals surface area contributed by atoms with E-state index in [1.165, 1.54) is 24.4 Å². The van der Waals surface area contributed by atoms with Crippen LogP contribution in [0.15, 0.2) is 35.4 Å². The molecular formula is C14H9Cl2F3N2O2. The molecule has 0 spiro atoms. The van der Waals surface area contributed by atoms with Crippen LogP contribution < -0.4 is 5.43 Å². The Labute approximate surface area is 138 Å². The van der Waals surface area contributed by atoms with Gasteiger partial charge in [-0.2, -0.15) is 18.3 Å². The summed E-state index contributed by atoms with van der Waals surface area (Å²) in [6, 6.07) is 5.44. The van der Waals surface area contributed by atoms with E-state index in [1.54, 1.807) is 0 Å². The molecule has 23 heavy (non-hydrogen) atoms. The van der Waals surface area contributed by atoms with Crippen molar-refractivity contribution in [2.24, 2.45) is 5.10 Å². The summed E-state index contributed by atoms with van der Waals surface area (Å²) >= 11 is 11.5. The molecule has 0 fully saturated rings. The van der Waals surface area contributed by atoms with Gasteiger partial charge in [-0.3, -0.25) is 5.43 Å². The SMILES string of the molecule is Oc1ccc(C=NNc2c(Cl)cc(C(F)(F)F)cc2Cl)cc1O. The van der Waals surface area contributed by atoms with Crippen molar-refractivity contribution in [3.05, 3.63) is 51.5 Å². The second-order valence-corrected chi connectivity index (χ2v) is 5.25. The predicted octanol–water partition coefficient (Wildman–Crippen LogP) is 4.87. The fourth-order valence-electron chi connectivity index (χ4n) is 1.64. The van der Waals surface area contributed by atoms with Gasteiger partial charge in [-0.1, -0.05) is 23.2 Å². The normalized spacial score (nSPS) is 11.9. The van der Waals surface area contributed by atoms with Gasteiger partial charge < -0.3 is 10.2 Å². The van der Waals surface area contributed by atoms with Crippen molar-refractivity contribution >= 4 is 35.1 Å². The predicted molar refractivity (Wildman–Crippen MR) is 82.5 cm³/mol. The molecule has 0 radical (unpaired) electrons.